The van der Waals surface area contributed by atoms with Crippen LogP contribution in [-0.2, 0) is 22.4 Å². The lowest BCUT2D eigenvalue weighted by Gasteiger charge is -2.11. The average Bonchev–Trinajstić information content (AvgIpc) is 2.97. The number of carbonyl (C=O) groups is 2. The summed E-state index contributed by atoms with van der Waals surface area (Å²) in [5, 5.41) is 3.97. The molecule has 0 saturated heterocycles. The van der Waals surface area contributed by atoms with Gasteiger partial charge >= 0.3 is 5.97 Å². The molecule has 1 aliphatic rings. The number of nitrogens with zero attached hydrogens (tertiary/aromatic N) is 2. The monoisotopic (exact) mass is 449 g/mol. The molecule has 0 fully saturated rings. The fraction of sp³-hybridized carbons (Fsp3) is 0.500. The second-order valence-electron chi connectivity index (χ2n) is 6.99. The Bertz CT molecular complexity index is 896. The van der Waals surface area contributed by atoms with Gasteiger partial charge in [0.25, 0.3) is 0 Å². The first-order valence-corrected chi connectivity index (χ1v) is 11.9. The van der Waals surface area contributed by atoms with E-state index in [1.165, 1.54) is 40.5 Å². The predicted octanol–water partition coefficient (Wildman–Crippen LogP) is 3.66. The van der Waals surface area contributed by atoms with Gasteiger partial charge in [-0.1, -0.05) is 24.6 Å². The van der Waals surface area contributed by atoms with E-state index in [1.54, 1.807) is 6.92 Å². The van der Waals surface area contributed by atoms with Crippen LogP contribution in [0.25, 0.3) is 0 Å². The van der Waals surface area contributed by atoms with E-state index in [0.717, 1.165) is 37.7 Å². The van der Waals surface area contributed by atoms with Crippen LogP contribution < -0.4 is 16.8 Å². The molecule has 2 heterocycles. The SMILES string of the molecule is CCOC(=O)c1c(NC(=O)CCSc2nc(N)cc(N)n2)sc2c1CCCCCC2. The lowest BCUT2D eigenvalue weighted by molar-refractivity contribution is -0.115. The zero-order valence-electron chi connectivity index (χ0n) is 17.0. The number of hydrogen-bond acceptors (Lipinski definition) is 9. The molecule has 1 aliphatic carbocycles. The third-order valence-corrected chi connectivity index (χ3v) is 6.77. The summed E-state index contributed by atoms with van der Waals surface area (Å²) in [7, 11) is 0. The first kappa shape index (κ1) is 22.4. The molecule has 0 radical (unpaired) electrons. The van der Waals surface area contributed by atoms with Gasteiger partial charge in [-0.05, 0) is 38.2 Å². The Balaban J connectivity index is 1.68. The second kappa shape index (κ2) is 10.6. The summed E-state index contributed by atoms with van der Waals surface area (Å²) in [6, 6.07) is 1.48. The fourth-order valence-electron chi connectivity index (χ4n) is 3.38. The summed E-state index contributed by atoms with van der Waals surface area (Å²) in [5.41, 5.74) is 12.9. The third-order valence-electron chi connectivity index (χ3n) is 4.71. The molecule has 0 atom stereocenters. The molecule has 30 heavy (non-hydrogen) atoms. The minimum atomic E-state index is -0.358. The maximum Gasteiger partial charge on any atom is 0.341 e. The standard InChI is InChI=1S/C20H27N5O3S2/c1-2-28-19(27)17-12-7-5-3-4-6-8-13(12)30-18(17)25-16(26)9-10-29-20-23-14(21)11-15(22)24-20/h11H,2-10H2,1H3,(H,25,26)(H4,21,22,23,24). The highest BCUT2D eigenvalue weighted by molar-refractivity contribution is 7.99. The van der Waals surface area contributed by atoms with Gasteiger partial charge in [-0.2, -0.15) is 0 Å². The van der Waals surface area contributed by atoms with E-state index < -0.39 is 0 Å². The molecule has 0 aromatic carbocycles. The molecule has 0 aliphatic heterocycles. The molecular weight excluding hydrogens is 422 g/mol. The summed E-state index contributed by atoms with van der Waals surface area (Å²) in [4.78, 5) is 34.6. The van der Waals surface area contributed by atoms with Crippen molar-refractivity contribution in [3.8, 4) is 0 Å². The Hall–Kier alpha value is -2.33. The molecule has 2 aromatic heterocycles. The van der Waals surface area contributed by atoms with E-state index in [1.807, 2.05) is 0 Å². The minimum Gasteiger partial charge on any atom is -0.462 e. The lowest BCUT2D eigenvalue weighted by atomic mass is 9.96. The van der Waals surface area contributed by atoms with Crippen LogP contribution in [0.4, 0.5) is 16.6 Å². The van der Waals surface area contributed by atoms with Crippen molar-refractivity contribution in [3.63, 3.8) is 0 Å². The quantitative estimate of drug-likeness (QED) is 0.331. The summed E-state index contributed by atoms with van der Waals surface area (Å²) < 4.78 is 5.28. The molecule has 0 spiro atoms. The molecule has 1 amide bonds. The average molecular weight is 450 g/mol. The van der Waals surface area contributed by atoms with Crippen molar-refractivity contribution >= 4 is 51.6 Å². The van der Waals surface area contributed by atoms with Crippen LogP contribution >= 0.6 is 23.1 Å². The number of fused-ring (bicyclic) bond motifs is 1. The highest BCUT2D eigenvalue weighted by Gasteiger charge is 2.26. The minimum absolute atomic E-state index is 0.167. The number of ether oxygens (including phenoxy) is 1. The molecule has 0 saturated carbocycles. The Labute approximate surface area is 184 Å². The van der Waals surface area contributed by atoms with Crippen LogP contribution in [0.2, 0.25) is 0 Å². The number of nitrogens with one attached hydrogen (secondary N) is 1. The number of rotatable bonds is 7. The lowest BCUT2D eigenvalue weighted by Crippen LogP contribution is -2.16. The number of nitrogens with two attached hydrogens (primary N) is 2. The van der Waals surface area contributed by atoms with E-state index in [0.29, 0.717) is 39.7 Å². The number of carbonyl (C=O) groups excluding carboxylic acids is 2. The molecule has 2 aromatic rings. The highest BCUT2D eigenvalue weighted by Crippen LogP contribution is 2.37. The van der Waals surface area contributed by atoms with E-state index in [-0.39, 0.29) is 18.3 Å². The molecule has 8 nitrogen and oxygen atoms in total. The van der Waals surface area contributed by atoms with Gasteiger partial charge in [0.15, 0.2) is 5.16 Å². The van der Waals surface area contributed by atoms with E-state index >= 15 is 0 Å². The van der Waals surface area contributed by atoms with Crippen molar-refractivity contribution in [1.82, 2.24) is 9.97 Å². The number of anilines is 3. The first-order chi connectivity index (χ1) is 14.5. The molecule has 3 rings (SSSR count). The summed E-state index contributed by atoms with van der Waals surface area (Å²) in [6.45, 7) is 2.09. The van der Waals surface area contributed by atoms with Gasteiger partial charge in [-0.15, -0.1) is 11.3 Å². The Kier molecular flexibility index (Phi) is 7.92. The number of nitrogen functional groups attached to an aromatic ring is 2. The number of hydrogen-bond donors (Lipinski definition) is 3. The predicted molar refractivity (Wildman–Crippen MR) is 121 cm³/mol. The van der Waals surface area contributed by atoms with Crippen LogP contribution in [0.3, 0.4) is 0 Å². The number of amides is 1. The first-order valence-electron chi connectivity index (χ1n) is 10.1. The van der Waals surface area contributed by atoms with Crippen molar-refractivity contribution in [2.24, 2.45) is 0 Å². The van der Waals surface area contributed by atoms with Crippen molar-refractivity contribution in [3.05, 3.63) is 22.1 Å². The van der Waals surface area contributed by atoms with Gasteiger partial charge in [0.1, 0.15) is 16.6 Å². The topological polar surface area (TPSA) is 133 Å². The number of thiophene rings is 1. The maximum absolute atomic E-state index is 12.6. The van der Waals surface area contributed by atoms with Crippen LogP contribution in [0, 0.1) is 0 Å². The largest absolute Gasteiger partial charge is 0.462 e. The van der Waals surface area contributed by atoms with Gasteiger partial charge < -0.3 is 21.5 Å². The zero-order chi connectivity index (χ0) is 21.5. The fourth-order valence-corrected chi connectivity index (χ4v) is 5.48. The Morgan fingerprint density at radius 2 is 1.87 bits per heavy atom. The summed E-state index contributed by atoms with van der Waals surface area (Å²) >= 11 is 2.81. The van der Waals surface area contributed by atoms with Gasteiger partial charge in [0, 0.05) is 23.1 Å². The van der Waals surface area contributed by atoms with Gasteiger partial charge in [-0.3, -0.25) is 4.79 Å². The molecule has 5 N–H and O–H groups in total. The number of esters is 1. The van der Waals surface area contributed by atoms with Crippen LogP contribution in [0.15, 0.2) is 11.2 Å². The molecule has 0 unspecified atom stereocenters. The van der Waals surface area contributed by atoms with E-state index in [4.69, 9.17) is 16.2 Å². The molecular formula is C20H27N5O3S2. The number of aromatic nitrogens is 2. The van der Waals surface area contributed by atoms with Gasteiger partial charge in [-0.25, -0.2) is 14.8 Å². The van der Waals surface area contributed by atoms with E-state index in [9.17, 15) is 9.59 Å². The maximum atomic E-state index is 12.6. The second-order valence-corrected chi connectivity index (χ2v) is 9.16. The van der Waals surface area contributed by atoms with Crippen LogP contribution in [-0.4, -0.2) is 34.2 Å². The van der Waals surface area contributed by atoms with Gasteiger partial charge in [0.2, 0.25) is 5.91 Å². The highest BCUT2D eigenvalue weighted by atomic mass is 32.2. The zero-order valence-corrected chi connectivity index (χ0v) is 18.7. The molecule has 162 valence electrons. The smallest absolute Gasteiger partial charge is 0.341 e. The van der Waals surface area contributed by atoms with Gasteiger partial charge in [0.05, 0.1) is 12.2 Å². The Morgan fingerprint density at radius 1 is 1.17 bits per heavy atom. The van der Waals surface area contributed by atoms with Crippen molar-refractivity contribution < 1.29 is 14.3 Å². The third kappa shape index (κ3) is 5.85. The van der Waals surface area contributed by atoms with Crippen molar-refractivity contribution in [1.29, 1.82) is 0 Å². The molecule has 0 bridgehead atoms. The summed E-state index contributed by atoms with van der Waals surface area (Å²) in [5.74, 6) is 0.534. The normalized spacial score (nSPS) is 13.8. The van der Waals surface area contributed by atoms with Crippen molar-refractivity contribution in [2.45, 2.75) is 57.0 Å². The van der Waals surface area contributed by atoms with Crippen molar-refractivity contribution in [2.75, 3.05) is 29.1 Å². The molecule has 10 heteroatoms. The van der Waals surface area contributed by atoms with Crippen LogP contribution in [0.1, 0.15) is 59.8 Å². The number of aryl methyl sites for hydroxylation is 1. The Morgan fingerprint density at radius 3 is 2.57 bits per heavy atom. The number of thioether (sulfide) groups is 1. The summed E-state index contributed by atoms with van der Waals surface area (Å²) in [6.07, 6.45) is 6.53. The van der Waals surface area contributed by atoms with Crippen LogP contribution in [0.5, 0.6) is 0 Å². The van der Waals surface area contributed by atoms with E-state index in [2.05, 4.69) is 15.3 Å².